The van der Waals surface area contributed by atoms with Crippen molar-refractivity contribution in [1.82, 2.24) is 0 Å². The van der Waals surface area contributed by atoms with Crippen molar-refractivity contribution in [3.8, 4) is 6.07 Å². The molecule has 2 aromatic rings. The molecule has 21 heavy (non-hydrogen) atoms. The number of anilines is 1. The van der Waals surface area contributed by atoms with E-state index in [1.54, 1.807) is 18.2 Å². The molecule has 0 fully saturated rings. The van der Waals surface area contributed by atoms with Gasteiger partial charge >= 0.3 is 0 Å². The number of hydrogen-bond acceptors (Lipinski definition) is 4. The van der Waals surface area contributed by atoms with Crippen molar-refractivity contribution in [2.75, 3.05) is 5.32 Å². The molecule has 6 heteroatoms. The molecule has 0 aromatic heterocycles. The molecule has 2 aromatic carbocycles. The van der Waals surface area contributed by atoms with Crippen LogP contribution >= 0.6 is 15.9 Å². The summed E-state index contributed by atoms with van der Waals surface area (Å²) < 4.78 is 0.457. The number of halogens is 1. The van der Waals surface area contributed by atoms with Crippen molar-refractivity contribution in [1.29, 1.82) is 5.26 Å². The van der Waals surface area contributed by atoms with Crippen molar-refractivity contribution in [2.45, 2.75) is 13.5 Å². The van der Waals surface area contributed by atoms with E-state index in [9.17, 15) is 10.1 Å². The Labute approximate surface area is 130 Å². The molecular formula is C15H12BrN3O2. The highest BCUT2D eigenvalue weighted by molar-refractivity contribution is 9.10. The third kappa shape index (κ3) is 3.58. The van der Waals surface area contributed by atoms with E-state index in [1.165, 1.54) is 6.07 Å². The van der Waals surface area contributed by atoms with E-state index in [0.717, 1.165) is 16.8 Å². The van der Waals surface area contributed by atoms with Crippen LogP contribution in [0.3, 0.4) is 0 Å². The van der Waals surface area contributed by atoms with Gasteiger partial charge in [-0.15, -0.1) is 0 Å². The largest absolute Gasteiger partial charge is 0.381 e. The summed E-state index contributed by atoms with van der Waals surface area (Å²) in [7, 11) is 0. The van der Waals surface area contributed by atoms with Crippen LogP contribution in [0.1, 0.15) is 16.7 Å². The molecule has 106 valence electrons. The van der Waals surface area contributed by atoms with Gasteiger partial charge in [-0.1, -0.05) is 12.1 Å². The Hall–Kier alpha value is -2.39. The number of aryl methyl sites for hydroxylation is 1. The maximum atomic E-state index is 10.9. The van der Waals surface area contributed by atoms with Crippen molar-refractivity contribution < 1.29 is 4.92 Å². The number of nitro groups is 1. The van der Waals surface area contributed by atoms with Gasteiger partial charge in [-0.05, 0) is 52.2 Å². The van der Waals surface area contributed by atoms with Gasteiger partial charge in [0.25, 0.3) is 5.69 Å². The predicted molar refractivity (Wildman–Crippen MR) is 84.0 cm³/mol. The first kappa shape index (κ1) is 15.0. The van der Waals surface area contributed by atoms with Crippen molar-refractivity contribution in [3.05, 3.63) is 67.7 Å². The lowest BCUT2D eigenvalue weighted by Crippen LogP contribution is -2.02. The second-order valence-corrected chi connectivity index (χ2v) is 5.39. The number of hydrogen-bond donors (Lipinski definition) is 1. The molecule has 0 spiro atoms. The molecule has 2 rings (SSSR count). The lowest BCUT2D eigenvalue weighted by molar-refractivity contribution is -0.385. The summed E-state index contributed by atoms with van der Waals surface area (Å²) >= 11 is 3.16. The molecule has 1 N–H and O–H groups in total. The maximum Gasteiger partial charge on any atom is 0.283 e. The number of nitrogens with zero attached hydrogens (tertiary/aromatic N) is 2. The van der Waals surface area contributed by atoms with Crippen molar-refractivity contribution >= 4 is 27.3 Å². The Balaban J connectivity index is 2.19. The second-order valence-electron chi connectivity index (χ2n) is 4.54. The van der Waals surface area contributed by atoms with Gasteiger partial charge in [0, 0.05) is 18.3 Å². The van der Waals surface area contributed by atoms with E-state index in [1.807, 2.05) is 19.1 Å². The molecule has 0 aliphatic carbocycles. The van der Waals surface area contributed by atoms with E-state index >= 15 is 0 Å². The summed E-state index contributed by atoms with van der Waals surface area (Å²) in [6.45, 7) is 2.39. The van der Waals surface area contributed by atoms with Crippen LogP contribution in [0.15, 0.2) is 40.9 Å². The van der Waals surface area contributed by atoms with Gasteiger partial charge in [0.1, 0.15) is 0 Å². The van der Waals surface area contributed by atoms with Crippen LogP contribution in [0.25, 0.3) is 0 Å². The summed E-state index contributed by atoms with van der Waals surface area (Å²) in [4.78, 5) is 10.5. The van der Waals surface area contributed by atoms with Gasteiger partial charge in [0.15, 0.2) is 0 Å². The van der Waals surface area contributed by atoms with E-state index in [-0.39, 0.29) is 5.69 Å². The van der Waals surface area contributed by atoms with Gasteiger partial charge in [0.2, 0.25) is 0 Å². The minimum atomic E-state index is -0.421. The summed E-state index contributed by atoms with van der Waals surface area (Å²) in [5.74, 6) is 0. The summed E-state index contributed by atoms with van der Waals surface area (Å²) in [5, 5.41) is 23.0. The fourth-order valence-corrected chi connectivity index (χ4v) is 2.28. The maximum absolute atomic E-state index is 10.9. The quantitative estimate of drug-likeness (QED) is 0.666. The van der Waals surface area contributed by atoms with Gasteiger partial charge in [-0.3, -0.25) is 10.1 Å². The molecule has 0 heterocycles. The van der Waals surface area contributed by atoms with Gasteiger partial charge in [0.05, 0.1) is 21.0 Å². The standard InChI is InChI=1S/C15H12BrN3O2/c1-10-2-3-11(8-17)6-14(10)18-9-12-4-5-13(16)15(7-12)19(20)21/h2-7,18H,9H2,1H3. The highest BCUT2D eigenvalue weighted by Crippen LogP contribution is 2.26. The van der Waals surface area contributed by atoms with Crippen molar-refractivity contribution in [2.24, 2.45) is 0 Å². The first-order chi connectivity index (χ1) is 10.0. The average molecular weight is 346 g/mol. The molecule has 5 nitrogen and oxygen atoms in total. The summed E-state index contributed by atoms with van der Waals surface area (Å²) in [6, 6.07) is 12.5. The SMILES string of the molecule is Cc1ccc(C#N)cc1NCc1ccc(Br)c([N+](=O)[O-])c1. The molecule has 0 unspecified atom stereocenters. The first-order valence-corrected chi connectivity index (χ1v) is 6.98. The zero-order valence-electron chi connectivity index (χ0n) is 11.3. The molecule has 0 saturated carbocycles. The minimum Gasteiger partial charge on any atom is -0.381 e. The van der Waals surface area contributed by atoms with Crippen molar-refractivity contribution in [3.63, 3.8) is 0 Å². The number of nitrogens with one attached hydrogen (secondary N) is 1. The zero-order chi connectivity index (χ0) is 15.4. The fourth-order valence-electron chi connectivity index (χ4n) is 1.89. The molecule has 0 amide bonds. The zero-order valence-corrected chi connectivity index (χ0v) is 12.8. The van der Waals surface area contributed by atoms with Crippen LogP contribution in [-0.4, -0.2) is 4.92 Å². The second kappa shape index (κ2) is 6.37. The highest BCUT2D eigenvalue weighted by atomic mass is 79.9. The van der Waals surface area contributed by atoms with E-state index < -0.39 is 4.92 Å². The number of nitro benzene ring substituents is 1. The number of benzene rings is 2. The van der Waals surface area contributed by atoms with Crippen LogP contribution in [-0.2, 0) is 6.54 Å². The Morgan fingerprint density at radius 3 is 2.76 bits per heavy atom. The average Bonchev–Trinajstić information content (AvgIpc) is 2.47. The highest BCUT2D eigenvalue weighted by Gasteiger charge is 2.12. The lowest BCUT2D eigenvalue weighted by Gasteiger charge is -2.10. The van der Waals surface area contributed by atoms with Crippen LogP contribution in [0.2, 0.25) is 0 Å². The predicted octanol–water partition coefficient (Wildman–Crippen LogP) is 4.15. The van der Waals surface area contributed by atoms with Crippen LogP contribution in [0, 0.1) is 28.4 Å². The van der Waals surface area contributed by atoms with E-state index in [4.69, 9.17) is 5.26 Å². The number of nitriles is 1. The Bertz CT molecular complexity index is 738. The Morgan fingerprint density at radius 1 is 1.33 bits per heavy atom. The van der Waals surface area contributed by atoms with Crippen LogP contribution in [0.5, 0.6) is 0 Å². The van der Waals surface area contributed by atoms with Gasteiger partial charge < -0.3 is 5.32 Å². The van der Waals surface area contributed by atoms with Gasteiger partial charge in [-0.25, -0.2) is 0 Å². The molecule has 0 saturated heterocycles. The third-order valence-electron chi connectivity index (χ3n) is 3.06. The molecule has 0 aliphatic rings. The Morgan fingerprint density at radius 2 is 2.10 bits per heavy atom. The molecule has 0 bridgehead atoms. The topological polar surface area (TPSA) is 79.0 Å². The summed E-state index contributed by atoms with van der Waals surface area (Å²) in [6.07, 6.45) is 0. The number of rotatable bonds is 4. The summed E-state index contributed by atoms with van der Waals surface area (Å²) in [5.41, 5.74) is 3.27. The lowest BCUT2D eigenvalue weighted by atomic mass is 10.1. The first-order valence-electron chi connectivity index (χ1n) is 6.18. The molecule has 0 aliphatic heterocycles. The molecule has 0 atom stereocenters. The monoisotopic (exact) mass is 345 g/mol. The molecular weight excluding hydrogens is 334 g/mol. The van der Waals surface area contributed by atoms with E-state index in [0.29, 0.717) is 16.6 Å². The smallest absolute Gasteiger partial charge is 0.283 e. The minimum absolute atomic E-state index is 0.0387. The van der Waals surface area contributed by atoms with Crippen LogP contribution in [0.4, 0.5) is 11.4 Å². The normalized spacial score (nSPS) is 9.95. The fraction of sp³-hybridized carbons (Fsp3) is 0.133. The van der Waals surface area contributed by atoms with Crippen LogP contribution < -0.4 is 5.32 Å². The third-order valence-corrected chi connectivity index (χ3v) is 3.73. The molecule has 0 radical (unpaired) electrons. The van der Waals surface area contributed by atoms with E-state index in [2.05, 4.69) is 27.3 Å². The Kier molecular flexibility index (Phi) is 4.55. The van der Waals surface area contributed by atoms with Gasteiger partial charge in [-0.2, -0.15) is 5.26 Å².